The monoisotopic (exact) mass is 600 g/mol. The third-order valence-electron chi connectivity index (χ3n) is 7.37. The van der Waals surface area contributed by atoms with Crippen LogP contribution in [0.5, 0.6) is 11.5 Å². The van der Waals surface area contributed by atoms with Crippen LogP contribution in [0, 0.1) is 6.92 Å². The lowest BCUT2D eigenvalue weighted by atomic mass is 10.1. The third kappa shape index (κ3) is 6.17. The van der Waals surface area contributed by atoms with E-state index in [2.05, 4.69) is 41.2 Å². The number of hydrogen-bond donors (Lipinski definition) is 1. The van der Waals surface area contributed by atoms with Crippen LogP contribution in [-0.2, 0) is 6.54 Å². The quantitative estimate of drug-likeness (QED) is 0.186. The summed E-state index contributed by atoms with van der Waals surface area (Å²) in [5.41, 5.74) is 4.82. The van der Waals surface area contributed by atoms with Crippen molar-refractivity contribution in [2.45, 2.75) is 40.2 Å². The van der Waals surface area contributed by atoms with E-state index in [0.29, 0.717) is 39.7 Å². The first kappa shape index (κ1) is 30.0. The predicted molar refractivity (Wildman–Crippen MR) is 174 cm³/mol. The van der Waals surface area contributed by atoms with Crippen molar-refractivity contribution < 1.29 is 14.3 Å². The number of ether oxygens (including phenoxy) is 2. The van der Waals surface area contributed by atoms with Crippen LogP contribution in [0.15, 0.2) is 66.9 Å². The van der Waals surface area contributed by atoms with Crippen molar-refractivity contribution in [2.75, 3.05) is 47.3 Å². The number of rotatable bonds is 11. The number of hydrogen-bond acceptors (Lipinski definition) is 7. The van der Waals surface area contributed by atoms with E-state index in [-0.39, 0.29) is 12.6 Å². The Morgan fingerprint density at radius 2 is 1.74 bits per heavy atom. The fourth-order valence-electron chi connectivity index (χ4n) is 5.33. The van der Waals surface area contributed by atoms with Gasteiger partial charge in [0.2, 0.25) is 5.95 Å². The van der Waals surface area contributed by atoms with Crippen molar-refractivity contribution >= 4 is 52.1 Å². The van der Waals surface area contributed by atoms with Crippen LogP contribution in [0.2, 0.25) is 5.02 Å². The number of aromatic nitrogens is 2. The minimum atomic E-state index is -0.312. The van der Waals surface area contributed by atoms with Crippen LogP contribution in [0.3, 0.4) is 0 Å². The Labute approximate surface area is 258 Å². The van der Waals surface area contributed by atoms with Gasteiger partial charge in [-0.15, -0.1) is 0 Å². The first-order valence-corrected chi connectivity index (χ1v) is 14.8. The largest absolute Gasteiger partial charge is 0.497 e. The van der Waals surface area contributed by atoms with E-state index in [0.717, 1.165) is 42.7 Å². The zero-order valence-electron chi connectivity index (χ0n) is 25.2. The Morgan fingerprint density at radius 3 is 2.40 bits per heavy atom. The number of halogens is 1. The standard InChI is InChI=1S/C33H37ClN6O3/c1-6-17-38(18-7-2)25-13-11-24(12-14-25)36-32-35-20-23-21-39(30-22(3)9-8-10-27(30)34)33(41)40(31(23)37-32)28-16-15-26(42-4)19-29(28)43-5/h8-16,19-20H,6-7,17-18,21H2,1-5H3,(H,35,36,37). The Morgan fingerprint density at radius 1 is 1.00 bits per heavy atom. The van der Waals surface area contributed by atoms with Gasteiger partial charge in [-0.25, -0.2) is 14.7 Å². The summed E-state index contributed by atoms with van der Waals surface area (Å²) in [5, 5.41) is 3.80. The lowest BCUT2D eigenvalue weighted by Crippen LogP contribution is -2.46. The van der Waals surface area contributed by atoms with Crippen molar-refractivity contribution in [3.63, 3.8) is 0 Å². The molecule has 1 aromatic heterocycles. The molecule has 5 rings (SSSR count). The molecule has 0 atom stereocenters. The first-order chi connectivity index (χ1) is 20.9. The highest BCUT2D eigenvalue weighted by atomic mass is 35.5. The van der Waals surface area contributed by atoms with E-state index in [1.165, 1.54) is 5.69 Å². The van der Waals surface area contributed by atoms with Gasteiger partial charge in [0.15, 0.2) is 5.82 Å². The lowest BCUT2D eigenvalue weighted by Gasteiger charge is -2.37. The molecule has 3 aromatic carbocycles. The molecule has 10 heteroatoms. The second kappa shape index (κ2) is 13.2. The molecule has 0 bridgehead atoms. The second-order valence-electron chi connectivity index (χ2n) is 10.3. The number of aryl methyl sites for hydroxylation is 1. The Hall–Kier alpha value is -4.50. The fourth-order valence-corrected chi connectivity index (χ4v) is 5.66. The summed E-state index contributed by atoms with van der Waals surface area (Å²) in [7, 11) is 3.14. The molecule has 224 valence electrons. The molecule has 0 fully saturated rings. The molecule has 2 heterocycles. The van der Waals surface area contributed by atoms with Gasteiger partial charge >= 0.3 is 6.03 Å². The van der Waals surface area contributed by atoms with Gasteiger partial charge in [0.25, 0.3) is 0 Å². The number of nitrogens with zero attached hydrogens (tertiary/aromatic N) is 5. The smallest absolute Gasteiger partial charge is 0.335 e. The number of amides is 2. The van der Waals surface area contributed by atoms with E-state index < -0.39 is 0 Å². The van der Waals surface area contributed by atoms with Crippen molar-refractivity contribution in [2.24, 2.45) is 0 Å². The molecule has 1 aliphatic rings. The Bertz CT molecular complexity index is 1570. The maximum absolute atomic E-state index is 14.3. The first-order valence-electron chi connectivity index (χ1n) is 14.4. The SMILES string of the molecule is CCCN(CCC)c1ccc(Nc2ncc3c(n2)N(c2ccc(OC)cc2OC)C(=O)N(c2c(C)cccc2Cl)C3)cc1. The average Bonchev–Trinajstić information content (AvgIpc) is 3.01. The maximum Gasteiger partial charge on any atom is 0.335 e. The predicted octanol–water partition coefficient (Wildman–Crippen LogP) is 8.10. The summed E-state index contributed by atoms with van der Waals surface area (Å²) < 4.78 is 11.1. The van der Waals surface area contributed by atoms with Gasteiger partial charge in [-0.2, -0.15) is 4.98 Å². The molecule has 0 saturated heterocycles. The molecular formula is C33H37ClN6O3. The molecule has 0 saturated carbocycles. The van der Waals surface area contributed by atoms with E-state index in [1.807, 2.05) is 31.2 Å². The molecule has 9 nitrogen and oxygen atoms in total. The molecule has 0 spiro atoms. The van der Waals surface area contributed by atoms with Crippen molar-refractivity contribution in [3.8, 4) is 11.5 Å². The summed E-state index contributed by atoms with van der Waals surface area (Å²) in [6.07, 6.45) is 3.92. The zero-order valence-corrected chi connectivity index (χ0v) is 26.0. The van der Waals surface area contributed by atoms with Gasteiger partial charge in [-0.3, -0.25) is 4.90 Å². The van der Waals surface area contributed by atoms with Gasteiger partial charge < -0.3 is 19.7 Å². The van der Waals surface area contributed by atoms with Gasteiger partial charge in [-0.05, 0) is 67.8 Å². The highest BCUT2D eigenvalue weighted by Gasteiger charge is 2.37. The third-order valence-corrected chi connectivity index (χ3v) is 7.67. The van der Waals surface area contributed by atoms with E-state index >= 15 is 0 Å². The number of methoxy groups -OCH3 is 2. The van der Waals surface area contributed by atoms with Gasteiger partial charge in [0, 0.05) is 42.3 Å². The van der Waals surface area contributed by atoms with Crippen LogP contribution < -0.4 is 29.5 Å². The van der Waals surface area contributed by atoms with E-state index in [9.17, 15) is 4.79 Å². The summed E-state index contributed by atoms with van der Waals surface area (Å²) in [4.78, 5) is 29.4. The number of benzene rings is 3. The van der Waals surface area contributed by atoms with Crippen LogP contribution in [0.1, 0.15) is 37.8 Å². The van der Waals surface area contributed by atoms with Crippen molar-refractivity contribution in [3.05, 3.63) is 83.0 Å². The highest BCUT2D eigenvalue weighted by Crippen LogP contribution is 2.43. The minimum absolute atomic E-state index is 0.257. The highest BCUT2D eigenvalue weighted by molar-refractivity contribution is 6.34. The summed E-state index contributed by atoms with van der Waals surface area (Å²) in [6.45, 7) is 8.59. The number of carbonyl (C=O) groups excluding carboxylic acids is 1. The summed E-state index contributed by atoms with van der Waals surface area (Å²) >= 11 is 6.63. The van der Waals surface area contributed by atoms with Gasteiger partial charge in [-0.1, -0.05) is 37.6 Å². The Kier molecular flexibility index (Phi) is 9.21. The van der Waals surface area contributed by atoms with Crippen LogP contribution in [0.4, 0.5) is 39.3 Å². The van der Waals surface area contributed by atoms with Crippen LogP contribution >= 0.6 is 11.6 Å². The Balaban J connectivity index is 1.54. The van der Waals surface area contributed by atoms with Crippen LogP contribution in [-0.4, -0.2) is 43.3 Å². The number of anilines is 6. The van der Waals surface area contributed by atoms with Gasteiger partial charge in [0.05, 0.1) is 37.2 Å². The average molecular weight is 601 g/mol. The minimum Gasteiger partial charge on any atom is -0.497 e. The van der Waals surface area contributed by atoms with E-state index in [1.54, 1.807) is 54.5 Å². The van der Waals surface area contributed by atoms with Crippen molar-refractivity contribution in [1.29, 1.82) is 0 Å². The topological polar surface area (TPSA) is 83.1 Å². The molecule has 43 heavy (non-hydrogen) atoms. The molecule has 2 amide bonds. The summed E-state index contributed by atoms with van der Waals surface area (Å²) in [5.74, 6) is 1.90. The van der Waals surface area contributed by atoms with Crippen molar-refractivity contribution in [1.82, 2.24) is 9.97 Å². The molecule has 4 aromatic rings. The number of carbonyl (C=O) groups is 1. The molecule has 1 N–H and O–H groups in total. The van der Waals surface area contributed by atoms with E-state index in [4.69, 9.17) is 26.1 Å². The number of fused-ring (bicyclic) bond motifs is 1. The number of para-hydroxylation sites is 1. The molecule has 0 unspecified atom stereocenters. The number of nitrogens with one attached hydrogen (secondary N) is 1. The van der Waals surface area contributed by atoms with Gasteiger partial charge in [0.1, 0.15) is 11.5 Å². The second-order valence-corrected chi connectivity index (χ2v) is 10.8. The summed E-state index contributed by atoms with van der Waals surface area (Å²) in [6, 6.07) is 18.8. The maximum atomic E-state index is 14.3. The zero-order chi connectivity index (χ0) is 30.5. The molecule has 0 aliphatic carbocycles. The molecule has 1 aliphatic heterocycles. The fraction of sp³-hybridized carbons (Fsp3) is 0.303. The molecule has 0 radical (unpaired) electrons. The van der Waals surface area contributed by atoms with Crippen LogP contribution in [0.25, 0.3) is 0 Å². The lowest BCUT2D eigenvalue weighted by molar-refractivity contribution is 0.252. The number of urea groups is 1. The molecular weight excluding hydrogens is 564 g/mol. The normalized spacial score (nSPS) is 12.7.